The fraction of sp³-hybridized carbons (Fsp3) is 0.471. The zero-order chi connectivity index (χ0) is 15.5. The molecule has 0 aliphatic carbocycles. The number of ether oxygens (including phenoxy) is 1. The molecule has 2 aromatic heterocycles. The van der Waals surface area contributed by atoms with Crippen LogP contribution < -0.4 is 10.1 Å². The number of aromatic nitrogens is 2. The zero-order valence-electron chi connectivity index (χ0n) is 13.6. The van der Waals surface area contributed by atoms with Gasteiger partial charge in [-0.2, -0.15) is 0 Å². The summed E-state index contributed by atoms with van der Waals surface area (Å²) in [6.07, 6.45) is 4.26. The molecule has 0 saturated heterocycles. The molecular weight excluding hydrogens is 262 g/mol. The van der Waals surface area contributed by atoms with Crippen LogP contribution in [0.4, 0.5) is 0 Å². The summed E-state index contributed by atoms with van der Waals surface area (Å²) >= 11 is 0. The first kappa shape index (κ1) is 15.6. The van der Waals surface area contributed by atoms with Gasteiger partial charge in [-0.3, -0.25) is 4.98 Å². The van der Waals surface area contributed by atoms with Crippen molar-refractivity contribution < 1.29 is 4.74 Å². The highest BCUT2D eigenvalue weighted by Crippen LogP contribution is 2.15. The number of aryl methyl sites for hydroxylation is 1. The minimum Gasteiger partial charge on any atom is -0.497 e. The molecule has 21 heavy (non-hydrogen) atoms. The molecule has 2 heterocycles. The van der Waals surface area contributed by atoms with Crippen molar-refractivity contribution in [3.05, 3.63) is 47.5 Å². The summed E-state index contributed by atoms with van der Waals surface area (Å²) in [7, 11) is 1.69. The number of hydrogen-bond acceptors (Lipinski definition) is 3. The van der Waals surface area contributed by atoms with E-state index in [-0.39, 0.29) is 5.54 Å². The molecule has 0 radical (unpaired) electrons. The fourth-order valence-electron chi connectivity index (χ4n) is 2.15. The highest BCUT2D eigenvalue weighted by atomic mass is 16.5. The Hall–Kier alpha value is -1.81. The van der Waals surface area contributed by atoms with E-state index < -0.39 is 0 Å². The van der Waals surface area contributed by atoms with Crippen LogP contribution in [0.1, 0.15) is 37.7 Å². The molecule has 0 bridgehead atoms. The molecule has 0 aromatic carbocycles. The Morgan fingerprint density at radius 2 is 2.05 bits per heavy atom. The number of rotatable bonds is 5. The van der Waals surface area contributed by atoms with Gasteiger partial charge in [0, 0.05) is 42.3 Å². The van der Waals surface area contributed by atoms with E-state index in [0.717, 1.165) is 30.2 Å². The molecular formula is C17H25N3O. The summed E-state index contributed by atoms with van der Waals surface area (Å²) in [6.45, 7) is 10.1. The number of methoxy groups -OCH3 is 1. The zero-order valence-corrected chi connectivity index (χ0v) is 13.6. The molecule has 0 fully saturated rings. The van der Waals surface area contributed by atoms with Gasteiger partial charge < -0.3 is 14.6 Å². The van der Waals surface area contributed by atoms with Crippen LogP contribution in [-0.2, 0) is 13.1 Å². The molecule has 2 aromatic rings. The Kier molecular flexibility index (Phi) is 4.68. The second-order valence-corrected chi connectivity index (χ2v) is 6.44. The number of nitrogens with zero attached hydrogens (tertiary/aromatic N) is 2. The lowest BCUT2D eigenvalue weighted by Crippen LogP contribution is -2.34. The van der Waals surface area contributed by atoms with Crippen LogP contribution >= 0.6 is 0 Å². The second kappa shape index (κ2) is 6.31. The predicted octanol–water partition coefficient (Wildman–Crippen LogP) is 3.14. The Bertz CT molecular complexity index is 596. The van der Waals surface area contributed by atoms with E-state index in [1.54, 1.807) is 7.11 Å². The van der Waals surface area contributed by atoms with Gasteiger partial charge in [-0.05, 0) is 39.3 Å². The van der Waals surface area contributed by atoms with Crippen LogP contribution in [0.3, 0.4) is 0 Å². The Morgan fingerprint density at radius 1 is 1.29 bits per heavy atom. The summed E-state index contributed by atoms with van der Waals surface area (Å²) in [5.74, 6) is 0.860. The molecule has 2 rings (SSSR count). The van der Waals surface area contributed by atoms with Crippen molar-refractivity contribution in [3.8, 4) is 5.75 Å². The van der Waals surface area contributed by atoms with Crippen molar-refractivity contribution in [2.45, 2.75) is 46.3 Å². The highest BCUT2D eigenvalue weighted by molar-refractivity contribution is 5.27. The molecule has 4 heteroatoms. The summed E-state index contributed by atoms with van der Waals surface area (Å²) in [5.41, 5.74) is 3.40. The quantitative estimate of drug-likeness (QED) is 0.918. The predicted molar refractivity (Wildman–Crippen MR) is 85.7 cm³/mol. The van der Waals surface area contributed by atoms with E-state index in [0.29, 0.717) is 0 Å². The topological polar surface area (TPSA) is 39.1 Å². The maximum absolute atomic E-state index is 5.30. The monoisotopic (exact) mass is 287 g/mol. The van der Waals surface area contributed by atoms with E-state index in [1.165, 1.54) is 5.56 Å². The number of pyridine rings is 1. The van der Waals surface area contributed by atoms with Crippen molar-refractivity contribution >= 4 is 0 Å². The minimum absolute atomic E-state index is 0.133. The molecule has 0 aliphatic heterocycles. The highest BCUT2D eigenvalue weighted by Gasteiger charge is 2.09. The smallest absolute Gasteiger partial charge is 0.122 e. The van der Waals surface area contributed by atoms with Gasteiger partial charge >= 0.3 is 0 Å². The summed E-state index contributed by atoms with van der Waals surface area (Å²) in [5, 5.41) is 3.49. The SMILES string of the molecule is COc1cc(C)nc(Cn2ccc(CNC(C)(C)C)c2)c1. The van der Waals surface area contributed by atoms with Crippen LogP contribution in [0.2, 0.25) is 0 Å². The van der Waals surface area contributed by atoms with Gasteiger partial charge in [-0.15, -0.1) is 0 Å². The van der Waals surface area contributed by atoms with Gasteiger partial charge in [0.15, 0.2) is 0 Å². The molecule has 0 spiro atoms. The van der Waals surface area contributed by atoms with Gasteiger partial charge in [0.05, 0.1) is 19.3 Å². The van der Waals surface area contributed by atoms with Crippen molar-refractivity contribution in [3.63, 3.8) is 0 Å². The van der Waals surface area contributed by atoms with Gasteiger partial charge in [0.25, 0.3) is 0 Å². The maximum atomic E-state index is 5.30. The normalized spacial score (nSPS) is 11.7. The van der Waals surface area contributed by atoms with Crippen LogP contribution in [0.15, 0.2) is 30.6 Å². The Labute approximate surface area is 127 Å². The number of hydrogen-bond donors (Lipinski definition) is 1. The molecule has 0 atom stereocenters. The molecule has 0 saturated carbocycles. The molecule has 0 unspecified atom stereocenters. The lowest BCUT2D eigenvalue weighted by Gasteiger charge is -2.19. The first-order valence-electron chi connectivity index (χ1n) is 7.27. The van der Waals surface area contributed by atoms with Crippen LogP contribution in [0.5, 0.6) is 5.75 Å². The maximum Gasteiger partial charge on any atom is 0.122 e. The van der Waals surface area contributed by atoms with E-state index in [1.807, 2.05) is 19.1 Å². The second-order valence-electron chi connectivity index (χ2n) is 6.44. The first-order valence-corrected chi connectivity index (χ1v) is 7.27. The molecule has 4 nitrogen and oxygen atoms in total. The van der Waals surface area contributed by atoms with Crippen LogP contribution in [0, 0.1) is 6.92 Å². The average molecular weight is 287 g/mol. The fourth-order valence-corrected chi connectivity index (χ4v) is 2.15. The van der Waals surface area contributed by atoms with Gasteiger partial charge in [-0.1, -0.05) is 0 Å². The van der Waals surface area contributed by atoms with E-state index in [9.17, 15) is 0 Å². The third-order valence-electron chi connectivity index (χ3n) is 3.19. The molecule has 0 amide bonds. The van der Waals surface area contributed by atoms with Crippen molar-refractivity contribution in [1.82, 2.24) is 14.9 Å². The van der Waals surface area contributed by atoms with Crippen molar-refractivity contribution in [2.24, 2.45) is 0 Å². The summed E-state index contributed by atoms with van der Waals surface area (Å²) in [4.78, 5) is 4.56. The van der Waals surface area contributed by atoms with Crippen LogP contribution in [0.25, 0.3) is 0 Å². The van der Waals surface area contributed by atoms with E-state index in [2.05, 4.69) is 54.1 Å². The van der Waals surface area contributed by atoms with Gasteiger partial charge in [-0.25, -0.2) is 0 Å². The van der Waals surface area contributed by atoms with Gasteiger partial charge in [0.2, 0.25) is 0 Å². The third-order valence-corrected chi connectivity index (χ3v) is 3.19. The lowest BCUT2D eigenvalue weighted by atomic mass is 10.1. The summed E-state index contributed by atoms with van der Waals surface area (Å²) < 4.78 is 7.45. The number of nitrogens with one attached hydrogen (secondary N) is 1. The summed E-state index contributed by atoms with van der Waals surface area (Å²) in [6, 6.07) is 6.07. The first-order chi connectivity index (χ1) is 9.85. The largest absolute Gasteiger partial charge is 0.497 e. The molecule has 114 valence electrons. The van der Waals surface area contributed by atoms with Crippen molar-refractivity contribution in [2.75, 3.05) is 7.11 Å². The standard InChI is InChI=1S/C17H25N3O/c1-13-8-16(21-5)9-15(19-13)12-20-7-6-14(11-20)10-18-17(2,3)4/h6-9,11,18H,10,12H2,1-5H3. The van der Waals surface area contributed by atoms with E-state index >= 15 is 0 Å². The Balaban J connectivity index is 2.04. The minimum atomic E-state index is 0.133. The lowest BCUT2D eigenvalue weighted by molar-refractivity contribution is 0.413. The molecule has 1 N–H and O–H groups in total. The van der Waals surface area contributed by atoms with Gasteiger partial charge in [0.1, 0.15) is 5.75 Å². The molecule has 0 aliphatic rings. The average Bonchev–Trinajstić information content (AvgIpc) is 2.82. The van der Waals surface area contributed by atoms with Crippen LogP contribution in [-0.4, -0.2) is 22.2 Å². The Morgan fingerprint density at radius 3 is 2.71 bits per heavy atom. The van der Waals surface area contributed by atoms with E-state index in [4.69, 9.17) is 4.74 Å². The van der Waals surface area contributed by atoms with Crippen molar-refractivity contribution in [1.29, 1.82) is 0 Å². The third kappa shape index (κ3) is 4.90.